The number of aryl methyl sites for hydroxylation is 1. The highest BCUT2D eigenvalue weighted by atomic mass is 32.2. The molecule has 1 aromatic heterocycles. The molecule has 1 N–H and O–H groups in total. The standard InChI is InChI=1S/C22H21FN4O3S/c1-17-9-11-20(12-10-17)31(29,30)27(15-18-6-2-3-8-21(18)23)16-22(28)26-25-14-19-7-4-5-13-24-19/h2-14H,15-16H2,1H3,(H,26,28)/b25-14+. The summed E-state index contributed by atoms with van der Waals surface area (Å²) in [6.45, 7) is 0.991. The number of amides is 1. The van der Waals surface area contributed by atoms with Gasteiger partial charge in [-0.3, -0.25) is 9.78 Å². The summed E-state index contributed by atoms with van der Waals surface area (Å²) < 4.78 is 41.4. The van der Waals surface area contributed by atoms with Gasteiger partial charge in [0, 0.05) is 18.3 Å². The monoisotopic (exact) mass is 440 g/mol. The molecule has 0 saturated carbocycles. The summed E-state index contributed by atoms with van der Waals surface area (Å²) in [4.78, 5) is 16.5. The molecular formula is C22H21FN4O3S. The van der Waals surface area contributed by atoms with Crippen molar-refractivity contribution in [3.05, 3.63) is 95.6 Å². The highest BCUT2D eigenvalue weighted by molar-refractivity contribution is 7.89. The van der Waals surface area contributed by atoms with Crippen molar-refractivity contribution in [2.45, 2.75) is 18.4 Å². The number of aromatic nitrogens is 1. The molecule has 0 aliphatic carbocycles. The van der Waals surface area contributed by atoms with Crippen LogP contribution in [0, 0.1) is 12.7 Å². The van der Waals surface area contributed by atoms with Crippen molar-refractivity contribution in [1.82, 2.24) is 14.7 Å². The molecule has 31 heavy (non-hydrogen) atoms. The Morgan fingerprint density at radius 1 is 1.10 bits per heavy atom. The van der Waals surface area contributed by atoms with Gasteiger partial charge in [0.05, 0.1) is 23.3 Å². The summed E-state index contributed by atoms with van der Waals surface area (Å²) in [5.41, 5.74) is 3.86. The number of hydrazone groups is 1. The fourth-order valence-electron chi connectivity index (χ4n) is 2.72. The molecule has 1 heterocycles. The van der Waals surface area contributed by atoms with Crippen molar-refractivity contribution < 1.29 is 17.6 Å². The third-order valence-corrected chi connectivity index (χ3v) is 6.16. The molecule has 0 aliphatic heterocycles. The number of sulfonamides is 1. The Labute approximate surface area is 180 Å². The van der Waals surface area contributed by atoms with Gasteiger partial charge in [-0.1, -0.05) is 42.0 Å². The fraction of sp³-hybridized carbons (Fsp3) is 0.136. The van der Waals surface area contributed by atoms with Crippen LogP contribution in [0.25, 0.3) is 0 Å². The average Bonchev–Trinajstić information content (AvgIpc) is 2.76. The molecule has 9 heteroatoms. The Bertz CT molecular complexity index is 1170. The molecule has 0 radical (unpaired) electrons. The Kier molecular flexibility index (Phi) is 7.22. The summed E-state index contributed by atoms with van der Waals surface area (Å²) in [6, 6.07) is 17.3. The van der Waals surface area contributed by atoms with E-state index in [1.165, 1.54) is 36.5 Å². The van der Waals surface area contributed by atoms with E-state index in [2.05, 4.69) is 15.5 Å². The number of carbonyl (C=O) groups excluding carboxylic acids is 1. The van der Waals surface area contributed by atoms with E-state index in [1.54, 1.807) is 42.6 Å². The minimum absolute atomic E-state index is 0.0132. The molecule has 0 saturated heterocycles. The van der Waals surface area contributed by atoms with Crippen molar-refractivity contribution in [3.63, 3.8) is 0 Å². The topological polar surface area (TPSA) is 91.7 Å². The van der Waals surface area contributed by atoms with Crippen LogP contribution in [0.1, 0.15) is 16.8 Å². The molecule has 3 aromatic rings. The molecule has 160 valence electrons. The average molecular weight is 441 g/mol. The quantitative estimate of drug-likeness (QED) is 0.431. The van der Waals surface area contributed by atoms with E-state index in [0.29, 0.717) is 5.69 Å². The Morgan fingerprint density at radius 3 is 2.48 bits per heavy atom. The number of nitrogens with zero attached hydrogens (tertiary/aromatic N) is 3. The maximum atomic E-state index is 14.2. The van der Waals surface area contributed by atoms with Crippen LogP contribution in [-0.2, 0) is 21.4 Å². The van der Waals surface area contributed by atoms with E-state index < -0.39 is 28.3 Å². The van der Waals surface area contributed by atoms with E-state index in [1.807, 2.05) is 6.92 Å². The van der Waals surface area contributed by atoms with Gasteiger partial charge in [-0.15, -0.1) is 0 Å². The number of nitrogens with one attached hydrogen (secondary N) is 1. The predicted octanol–water partition coefficient (Wildman–Crippen LogP) is 2.87. The van der Waals surface area contributed by atoms with Crippen LogP contribution in [-0.4, -0.2) is 36.4 Å². The first-order valence-corrected chi connectivity index (χ1v) is 10.8. The zero-order chi connectivity index (χ0) is 22.3. The van der Waals surface area contributed by atoms with Gasteiger partial charge in [0.25, 0.3) is 5.91 Å². The van der Waals surface area contributed by atoms with Crippen LogP contribution in [0.5, 0.6) is 0 Å². The molecule has 0 unspecified atom stereocenters. The minimum Gasteiger partial charge on any atom is -0.272 e. The molecule has 1 amide bonds. The first-order chi connectivity index (χ1) is 14.9. The summed E-state index contributed by atoms with van der Waals surface area (Å²) >= 11 is 0. The van der Waals surface area contributed by atoms with Gasteiger partial charge in [0.15, 0.2) is 0 Å². The van der Waals surface area contributed by atoms with Gasteiger partial charge in [0.2, 0.25) is 10.0 Å². The molecule has 7 nitrogen and oxygen atoms in total. The van der Waals surface area contributed by atoms with Gasteiger partial charge in [-0.25, -0.2) is 18.2 Å². The first-order valence-electron chi connectivity index (χ1n) is 9.39. The zero-order valence-electron chi connectivity index (χ0n) is 16.8. The van der Waals surface area contributed by atoms with Crippen molar-refractivity contribution in [3.8, 4) is 0 Å². The lowest BCUT2D eigenvalue weighted by Gasteiger charge is -2.22. The zero-order valence-corrected chi connectivity index (χ0v) is 17.6. The lowest BCUT2D eigenvalue weighted by molar-refractivity contribution is -0.121. The van der Waals surface area contributed by atoms with E-state index in [0.717, 1.165) is 9.87 Å². The Balaban J connectivity index is 1.81. The summed E-state index contributed by atoms with van der Waals surface area (Å²) in [5, 5.41) is 3.80. The van der Waals surface area contributed by atoms with Crippen molar-refractivity contribution in [1.29, 1.82) is 0 Å². The molecule has 0 bridgehead atoms. The third-order valence-electron chi connectivity index (χ3n) is 4.36. The van der Waals surface area contributed by atoms with E-state index >= 15 is 0 Å². The predicted molar refractivity (Wildman–Crippen MR) is 115 cm³/mol. The third kappa shape index (κ3) is 6.03. The highest BCUT2D eigenvalue weighted by Gasteiger charge is 2.27. The molecule has 2 aromatic carbocycles. The van der Waals surface area contributed by atoms with Crippen LogP contribution in [0.2, 0.25) is 0 Å². The Hall–Kier alpha value is -3.43. The number of halogens is 1. The summed E-state index contributed by atoms with van der Waals surface area (Å²) in [6.07, 6.45) is 2.92. The van der Waals surface area contributed by atoms with E-state index in [-0.39, 0.29) is 17.0 Å². The number of hydrogen-bond donors (Lipinski definition) is 1. The molecule has 0 atom stereocenters. The lowest BCUT2D eigenvalue weighted by Crippen LogP contribution is -2.39. The van der Waals surface area contributed by atoms with Crippen LogP contribution in [0.3, 0.4) is 0 Å². The first kappa shape index (κ1) is 22.3. The van der Waals surface area contributed by atoms with Crippen molar-refractivity contribution >= 4 is 22.1 Å². The van der Waals surface area contributed by atoms with Crippen LogP contribution >= 0.6 is 0 Å². The second-order valence-corrected chi connectivity index (χ2v) is 8.66. The second kappa shape index (κ2) is 10.1. The lowest BCUT2D eigenvalue weighted by atomic mass is 10.2. The molecular weight excluding hydrogens is 419 g/mol. The van der Waals surface area contributed by atoms with Gasteiger partial charge in [-0.05, 0) is 37.3 Å². The molecule has 0 spiro atoms. The van der Waals surface area contributed by atoms with Crippen LogP contribution < -0.4 is 5.43 Å². The minimum atomic E-state index is -4.06. The number of carbonyl (C=O) groups is 1. The van der Waals surface area contributed by atoms with Crippen LogP contribution in [0.4, 0.5) is 4.39 Å². The summed E-state index contributed by atoms with van der Waals surface area (Å²) in [7, 11) is -4.06. The number of benzene rings is 2. The number of hydrogen-bond acceptors (Lipinski definition) is 5. The summed E-state index contributed by atoms with van der Waals surface area (Å²) in [5.74, 6) is -1.22. The maximum Gasteiger partial charge on any atom is 0.255 e. The highest BCUT2D eigenvalue weighted by Crippen LogP contribution is 2.20. The number of pyridine rings is 1. The molecule has 3 rings (SSSR count). The SMILES string of the molecule is Cc1ccc(S(=O)(=O)N(CC(=O)N/N=C/c2ccccn2)Cc2ccccc2F)cc1. The van der Waals surface area contributed by atoms with Crippen molar-refractivity contribution in [2.24, 2.45) is 5.10 Å². The number of rotatable bonds is 8. The van der Waals surface area contributed by atoms with E-state index in [9.17, 15) is 17.6 Å². The normalized spacial score (nSPS) is 11.7. The van der Waals surface area contributed by atoms with E-state index in [4.69, 9.17) is 0 Å². The van der Waals surface area contributed by atoms with Gasteiger partial charge < -0.3 is 0 Å². The Morgan fingerprint density at radius 2 is 1.81 bits per heavy atom. The fourth-order valence-corrected chi connectivity index (χ4v) is 4.09. The van der Waals surface area contributed by atoms with Gasteiger partial charge >= 0.3 is 0 Å². The smallest absolute Gasteiger partial charge is 0.255 e. The molecule has 0 fully saturated rings. The van der Waals surface area contributed by atoms with Crippen molar-refractivity contribution in [2.75, 3.05) is 6.54 Å². The second-order valence-electron chi connectivity index (χ2n) is 6.73. The largest absolute Gasteiger partial charge is 0.272 e. The van der Waals surface area contributed by atoms with Gasteiger partial charge in [0.1, 0.15) is 5.82 Å². The molecule has 0 aliphatic rings. The van der Waals surface area contributed by atoms with Gasteiger partial charge in [-0.2, -0.15) is 9.41 Å². The van der Waals surface area contributed by atoms with Crippen LogP contribution in [0.15, 0.2) is 82.9 Å². The maximum absolute atomic E-state index is 14.2.